The molecule has 0 aromatic rings. The number of piperidine rings is 2. The highest BCUT2D eigenvalue weighted by Gasteiger charge is 2.32. The van der Waals surface area contributed by atoms with Crippen molar-refractivity contribution < 1.29 is 5.11 Å². The number of nitrogens with one attached hydrogen (secondary N) is 1. The summed E-state index contributed by atoms with van der Waals surface area (Å²) in [5, 5.41) is 13.3. The maximum atomic E-state index is 9.95. The van der Waals surface area contributed by atoms with E-state index >= 15 is 0 Å². The topological polar surface area (TPSA) is 35.5 Å². The van der Waals surface area contributed by atoms with Crippen LogP contribution in [0.25, 0.3) is 0 Å². The largest absolute Gasteiger partial charge is 0.393 e. The number of hydrogen-bond donors (Lipinski definition) is 2. The van der Waals surface area contributed by atoms with Crippen LogP contribution in [0, 0.1) is 11.8 Å². The van der Waals surface area contributed by atoms with Crippen molar-refractivity contribution in [1.29, 1.82) is 0 Å². The van der Waals surface area contributed by atoms with E-state index in [1.165, 1.54) is 25.9 Å². The van der Waals surface area contributed by atoms with Gasteiger partial charge in [-0.25, -0.2) is 0 Å². The maximum Gasteiger partial charge on any atom is 0.0595 e. The second kappa shape index (κ2) is 4.60. The van der Waals surface area contributed by atoms with Crippen molar-refractivity contribution in [3.05, 3.63) is 0 Å². The molecule has 3 unspecified atom stereocenters. The molecule has 2 heterocycles. The van der Waals surface area contributed by atoms with Gasteiger partial charge in [-0.3, -0.25) is 0 Å². The quantitative estimate of drug-likeness (QED) is 0.636. The number of likely N-dealkylation sites (tertiary alicyclic amines) is 1. The molecule has 2 rings (SSSR count). The van der Waals surface area contributed by atoms with Gasteiger partial charge in [-0.05, 0) is 45.3 Å². The van der Waals surface area contributed by atoms with E-state index in [4.69, 9.17) is 0 Å². The predicted molar refractivity (Wildman–Crippen MR) is 57.2 cm³/mol. The van der Waals surface area contributed by atoms with Crippen LogP contribution in [0.15, 0.2) is 0 Å². The van der Waals surface area contributed by atoms with Crippen molar-refractivity contribution in [2.24, 2.45) is 11.8 Å². The molecule has 0 amide bonds. The first-order valence-corrected chi connectivity index (χ1v) is 5.84. The van der Waals surface area contributed by atoms with Crippen LogP contribution in [0.1, 0.15) is 19.3 Å². The van der Waals surface area contributed by atoms with Crippen LogP contribution in [-0.2, 0) is 0 Å². The van der Waals surface area contributed by atoms with E-state index in [1.807, 2.05) is 0 Å². The molecule has 3 atom stereocenters. The summed E-state index contributed by atoms with van der Waals surface area (Å²) in [6.45, 7) is 4.40. The standard InChI is InChI=1S/C11H22N2O/c1-13-6-2-3-9(8-13)10-7-12-5-4-11(10)14/h9-12,14H,2-8H2,1H3. The highest BCUT2D eigenvalue weighted by Crippen LogP contribution is 2.28. The molecule has 2 N–H and O–H groups in total. The van der Waals surface area contributed by atoms with Gasteiger partial charge in [-0.2, -0.15) is 0 Å². The highest BCUT2D eigenvalue weighted by molar-refractivity contribution is 4.86. The lowest BCUT2D eigenvalue weighted by atomic mass is 9.79. The summed E-state index contributed by atoms with van der Waals surface area (Å²) in [5.74, 6) is 1.20. The Labute approximate surface area is 86.5 Å². The summed E-state index contributed by atoms with van der Waals surface area (Å²) in [4.78, 5) is 2.40. The molecule has 2 fully saturated rings. The monoisotopic (exact) mass is 198 g/mol. The third-order valence-corrected chi connectivity index (χ3v) is 3.76. The SMILES string of the molecule is CN1CCCC(C2CNCCC2O)C1. The Balaban J connectivity index is 1.91. The Hall–Kier alpha value is -0.120. The molecule has 0 aromatic carbocycles. The summed E-state index contributed by atoms with van der Waals surface area (Å²) < 4.78 is 0. The van der Waals surface area contributed by atoms with E-state index in [1.54, 1.807) is 0 Å². The van der Waals surface area contributed by atoms with Gasteiger partial charge in [0.05, 0.1) is 6.10 Å². The minimum Gasteiger partial charge on any atom is -0.393 e. The fraction of sp³-hybridized carbons (Fsp3) is 1.00. The van der Waals surface area contributed by atoms with Crippen molar-refractivity contribution in [3.63, 3.8) is 0 Å². The summed E-state index contributed by atoms with van der Waals surface area (Å²) in [7, 11) is 2.19. The third-order valence-electron chi connectivity index (χ3n) is 3.76. The average molecular weight is 198 g/mol. The average Bonchev–Trinajstić information content (AvgIpc) is 2.18. The van der Waals surface area contributed by atoms with Crippen molar-refractivity contribution in [1.82, 2.24) is 10.2 Å². The Morgan fingerprint density at radius 1 is 1.36 bits per heavy atom. The fourth-order valence-corrected chi connectivity index (χ4v) is 2.91. The van der Waals surface area contributed by atoms with Gasteiger partial charge < -0.3 is 15.3 Å². The van der Waals surface area contributed by atoms with Gasteiger partial charge in [-0.15, -0.1) is 0 Å². The maximum absolute atomic E-state index is 9.95. The molecular formula is C11H22N2O. The minimum atomic E-state index is -0.0623. The van der Waals surface area contributed by atoms with E-state index in [9.17, 15) is 5.11 Å². The zero-order valence-electron chi connectivity index (χ0n) is 9.08. The van der Waals surface area contributed by atoms with E-state index in [-0.39, 0.29) is 6.10 Å². The molecule has 0 spiro atoms. The highest BCUT2D eigenvalue weighted by atomic mass is 16.3. The molecule has 0 radical (unpaired) electrons. The molecule has 0 bridgehead atoms. The molecule has 3 nitrogen and oxygen atoms in total. The molecule has 0 aliphatic carbocycles. The summed E-state index contributed by atoms with van der Waals surface area (Å²) in [6.07, 6.45) is 3.47. The number of hydrogen-bond acceptors (Lipinski definition) is 3. The summed E-state index contributed by atoms with van der Waals surface area (Å²) in [6, 6.07) is 0. The first-order valence-electron chi connectivity index (χ1n) is 5.84. The molecule has 2 saturated heterocycles. The zero-order valence-corrected chi connectivity index (χ0v) is 9.08. The summed E-state index contributed by atoms with van der Waals surface area (Å²) >= 11 is 0. The Bertz CT molecular complexity index is 186. The van der Waals surface area contributed by atoms with Crippen LogP contribution in [0.5, 0.6) is 0 Å². The number of aliphatic hydroxyl groups excluding tert-OH is 1. The second-order valence-corrected chi connectivity index (χ2v) is 4.89. The van der Waals surface area contributed by atoms with Crippen molar-refractivity contribution in [2.45, 2.75) is 25.4 Å². The number of rotatable bonds is 1. The molecule has 82 valence electrons. The van der Waals surface area contributed by atoms with Gasteiger partial charge in [-0.1, -0.05) is 0 Å². The fourth-order valence-electron chi connectivity index (χ4n) is 2.91. The third kappa shape index (κ3) is 2.27. The van der Waals surface area contributed by atoms with Crippen LogP contribution in [0.3, 0.4) is 0 Å². The first-order chi connectivity index (χ1) is 6.77. The lowest BCUT2D eigenvalue weighted by Crippen LogP contribution is -2.47. The van der Waals surface area contributed by atoms with E-state index in [0.717, 1.165) is 19.5 Å². The van der Waals surface area contributed by atoms with Gasteiger partial charge in [0.15, 0.2) is 0 Å². The smallest absolute Gasteiger partial charge is 0.0595 e. The van der Waals surface area contributed by atoms with Crippen molar-refractivity contribution in [2.75, 3.05) is 33.2 Å². The zero-order chi connectivity index (χ0) is 9.97. The molecule has 0 aromatic heterocycles. The lowest BCUT2D eigenvalue weighted by Gasteiger charge is -2.39. The van der Waals surface area contributed by atoms with Crippen molar-refractivity contribution >= 4 is 0 Å². The number of nitrogens with zero attached hydrogens (tertiary/aromatic N) is 1. The molecule has 2 aliphatic rings. The second-order valence-electron chi connectivity index (χ2n) is 4.89. The summed E-state index contributed by atoms with van der Waals surface area (Å²) in [5.41, 5.74) is 0. The lowest BCUT2D eigenvalue weighted by molar-refractivity contribution is 0.0229. The van der Waals surface area contributed by atoms with E-state index in [0.29, 0.717) is 11.8 Å². The molecule has 3 heteroatoms. The Morgan fingerprint density at radius 2 is 2.21 bits per heavy atom. The van der Waals surface area contributed by atoms with E-state index in [2.05, 4.69) is 17.3 Å². The van der Waals surface area contributed by atoms with E-state index < -0.39 is 0 Å². The Morgan fingerprint density at radius 3 is 2.93 bits per heavy atom. The molecular weight excluding hydrogens is 176 g/mol. The first kappa shape index (κ1) is 10.4. The van der Waals surface area contributed by atoms with Crippen LogP contribution >= 0.6 is 0 Å². The minimum absolute atomic E-state index is 0.0623. The van der Waals surface area contributed by atoms with Crippen molar-refractivity contribution in [3.8, 4) is 0 Å². The van der Waals surface area contributed by atoms with Crippen LogP contribution in [0.2, 0.25) is 0 Å². The molecule has 14 heavy (non-hydrogen) atoms. The van der Waals surface area contributed by atoms with Gasteiger partial charge in [0.2, 0.25) is 0 Å². The van der Waals surface area contributed by atoms with Crippen LogP contribution < -0.4 is 5.32 Å². The van der Waals surface area contributed by atoms with Crippen LogP contribution in [0.4, 0.5) is 0 Å². The van der Waals surface area contributed by atoms with Gasteiger partial charge in [0.1, 0.15) is 0 Å². The van der Waals surface area contributed by atoms with Gasteiger partial charge >= 0.3 is 0 Å². The number of aliphatic hydroxyl groups is 1. The van der Waals surface area contributed by atoms with Crippen LogP contribution in [-0.4, -0.2) is 49.3 Å². The molecule has 2 aliphatic heterocycles. The molecule has 0 saturated carbocycles. The van der Waals surface area contributed by atoms with Gasteiger partial charge in [0, 0.05) is 19.0 Å². The van der Waals surface area contributed by atoms with Gasteiger partial charge in [0.25, 0.3) is 0 Å². The normalized spacial score (nSPS) is 41.1. The predicted octanol–water partition coefficient (Wildman–Crippen LogP) is 0.299. The Kier molecular flexibility index (Phi) is 3.42.